The lowest BCUT2D eigenvalue weighted by atomic mass is 9.75. The van der Waals surface area contributed by atoms with Gasteiger partial charge in [0.2, 0.25) is 0 Å². The summed E-state index contributed by atoms with van der Waals surface area (Å²) in [6.07, 6.45) is 4.52. The van der Waals surface area contributed by atoms with Gasteiger partial charge in [-0.2, -0.15) is 0 Å². The third kappa shape index (κ3) is 3.75. The standard InChI is InChI=1S/C16H22BrNO2/c1-16(2)8-4-5-12(10-16)18-15(19)13-7-6-11(17)9-14(13)20-3/h6-7,9,12H,4-5,8,10H2,1-3H3,(H,18,19). The van der Waals surface area contributed by atoms with Crippen molar-refractivity contribution < 1.29 is 9.53 Å². The van der Waals surface area contributed by atoms with E-state index < -0.39 is 0 Å². The number of amides is 1. The maximum Gasteiger partial charge on any atom is 0.255 e. The summed E-state index contributed by atoms with van der Waals surface area (Å²) < 4.78 is 6.19. The maximum atomic E-state index is 12.4. The van der Waals surface area contributed by atoms with Crippen LogP contribution in [0.25, 0.3) is 0 Å². The Morgan fingerprint density at radius 2 is 2.20 bits per heavy atom. The van der Waals surface area contributed by atoms with Gasteiger partial charge in [-0.25, -0.2) is 0 Å². The molecule has 1 atom stereocenters. The molecule has 4 heteroatoms. The molecule has 0 aromatic heterocycles. The van der Waals surface area contributed by atoms with E-state index in [-0.39, 0.29) is 11.9 Å². The van der Waals surface area contributed by atoms with Gasteiger partial charge in [-0.1, -0.05) is 36.2 Å². The summed E-state index contributed by atoms with van der Waals surface area (Å²) in [6.45, 7) is 4.54. The first-order valence-corrected chi connectivity index (χ1v) is 7.85. The Bertz CT molecular complexity index is 499. The molecule has 1 N–H and O–H groups in total. The number of benzene rings is 1. The van der Waals surface area contributed by atoms with Gasteiger partial charge in [-0.15, -0.1) is 0 Å². The van der Waals surface area contributed by atoms with Crippen LogP contribution >= 0.6 is 15.9 Å². The number of carbonyl (C=O) groups excluding carboxylic acids is 1. The minimum absolute atomic E-state index is 0.0444. The van der Waals surface area contributed by atoms with Crippen molar-refractivity contribution in [2.45, 2.75) is 45.6 Å². The number of nitrogens with one attached hydrogen (secondary N) is 1. The van der Waals surface area contributed by atoms with E-state index in [1.165, 1.54) is 12.8 Å². The van der Waals surface area contributed by atoms with E-state index in [9.17, 15) is 4.79 Å². The lowest BCUT2D eigenvalue weighted by Gasteiger charge is -2.35. The van der Waals surface area contributed by atoms with Crippen molar-refractivity contribution >= 4 is 21.8 Å². The van der Waals surface area contributed by atoms with Crippen LogP contribution in [0.2, 0.25) is 0 Å². The second-order valence-electron chi connectivity index (χ2n) is 6.28. The molecule has 0 radical (unpaired) electrons. The number of rotatable bonds is 3. The monoisotopic (exact) mass is 339 g/mol. The average Bonchev–Trinajstić information content (AvgIpc) is 2.37. The predicted molar refractivity (Wildman–Crippen MR) is 84.2 cm³/mol. The van der Waals surface area contributed by atoms with E-state index in [1.807, 2.05) is 12.1 Å². The van der Waals surface area contributed by atoms with Gasteiger partial charge in [0.1, 0.15) is 5.75 Å². The molecule has 0 saturated heterocycles. The zero-order valence-corrected chi connectivity index (χ0v) is 13.9. The van der Waals surface area contributed by atoms with Crippen LogP contribution in [0.5, 0.6) is 5.75 Å². The second-order valence-corrected chi connectivity index (χ2v) is 7.19. The highest BCUT2D eigenvalue weighted by Crippen LogP contribution is 2.35. The third-order valence-electron chi connectivity index (χ3n) is 3.95. The quantitative estimate of drug-likeness (QED) is 0.897. The first-order chi connectivity index (χ1) is 9.41. The van der Waals surface area contributed by atoms with Crippen LogP contribution in [0.3, 0.4) is 0 Å². The van der Waals surface area contributed by atoms with E-state index in [2.05, 4.69) is 35.1 Å². The molecule has 1 amide bonds. The minimum Gasteiger partial charge on any atom is -0.496 e. The fraction of sp³-hybridized carbons (Fsp3) is 0.562. The molecule has 3 nitrogen and oxygen atoms in total. The van der Waals surface area contributed by atoms with Crippen molar-refractivity contribution in [3.8, 4) is 5.75 Å². The molecule has 0 spiro atoms. The van der Waals surface area contributed by atoms with E-state index in [4.69, 9.17) is 4.74 Å². The number of hydrogen-bond acceptors (Lipinski definition) is 2. The molecular formula is C16H22BrNO2. The van der Waals surface area contributed by atoms with Crippen LogP contribution in [0.15, 0.2) is 22.7 Å². The lowest BCUT2D eigenvalue weighted by Crippen LogP contribution is -2.40. The molecule has 1 saturated carbocycles. The molecule has 1 unspecified atom stereocenters. The summed E-state index contributed by atoms with van der Waals surface area (Å²) in [6, 6.07) is 5.74. The highest BCUT2D eigenvalue weighted by Gasteiger charge is 2.29. The molecule has 0 aliphatic heterocycles. The molecule has 110 valence electrons. The SMILES string of the molecule is COc1cc(Br)ccc1C(=O)NC1CCCC(C)(C)C1. The van der Waals surface area contributed by atoms with Crippen molar-refractivity contribution in [3.05, 3.63) is 28.2 Å². The zero-order valence-electron chi connectivity index (χ0n) is 12.3. The van der Waals surface area contributed by atoms with Crippen molar-refractivity contribution in [2.75, 3.05) is 7.11 Å². The minimum atomic E-state index is -0.0444. The highest BCUT2D eigenvalue weighted by atomic mass is 79.9. The molecule has 1 aliphatic rings. The summed E-state index contributed by atoms with van der Waals surface area (Å²) >= 11 is 3.39. The Kier molecular flexibility index (Phi) is 4.74. The Hall–Kier alpha value is -1.03. The first kappa shape index (κ1) is 15.4. The van der Waals surface area contributed by atoms with E-state index >= 15 is 0 Å². The Balaban J connectivity index is 2.08. The molecule has 2 rings (SSSR count). The van der Waals surface area contributed by atoms with Gasteiger partial charge in [-0.3, -0.25) is 4.79 Å². The van der Waals surface area contributed by atoms with Crippen molar-refractivity contribution in [1.82, 2.24) is 5.32 Å². The molecule has 1 fully saturated rings. The second kappa shape index (κ2) is 6.17. The van der Waals surface area contributed by atoms with Crippen molar-refractivity contribution in [1.29, 1.82) is 0 Å². The summed E-state index contributed by atoms with van der Waals surface area (Å²) in [4.78, 5) is 12.4. The molecule has 1 aromatic carbocycles. The largest absolute Gasteiger partial charge is 0.496 e. The van der Waals surface area contributed by atoms with Crippen LogP contribution in [0, 0.1) is 5.41 Å². The number of ether oxygens (including phenoxy) is 1. The summed E-state index contributed by atoms with van der Waals surface area (Å²) in [7, 11) is 1.59. The van der Waals surface area contributed by atoms with Gasteiger partial charge >= 0.3 is 0 Å². The molecule has 1 aromatic rings. The summed E-state index contributed by atoms with van der Waals surface area (Å²) in [5, 5.41) is 3.15. The Morgan fingerprint density at radius 3 is 2.85 bits per heavy atom. The van der Waals surface area contributed by atoms with Gasteiger partial charge in [0.15, 0.2) is 0 Å². The number of hydrogen-bond donors (Lipinski definition) is 1. The van der Waals surface area contributed by atoms with Crippen molar-refractivity contribution in [2.24, 2.45) is 5.41 Å². The number of methoxy groups -OCH3 is 1. The van der Waals surface area contributed by atoms with Gasteiger partial charge in [0, 0.05) is 10.5 Å². The van der Waals surface area contributed by atoms with Gasteiger partial charge in [0.05, 0.1) is 12.7 Å². The number of halogens is 1. The Morgan fingerprint density at radius 1 is 1.45 bits per heavy atom. The van der Waals surface area contributed by atoms with Gasteiger partial charge in [-0.05, 0) is 42.9 Å². The van der Waals surface area contributed by atoms with Crippen LogP contribution in [-0.4, -0.2) is 19.1 Å². The molecule has 1 aliphatic carbocycles. The van der Waals surface area contributed by atoms with Gasteiger partial charge in [0.25, 0.3) is 5.91 Å². The molecular weight excluding hydrogens is 318 g/mol. The topological polar surface area (TPSA) is 38.3 Å². The first-order valence-electron chi connectivity index (χ1n) is 7.06. The maximum absolute atomic E-state index is 12.4. The highest BCUT2D eigenvalue weighted by molar-refractivity contribution is 9.10. The lowest BCUT2D eigenvalue weighted by molar-refractivity contribution is 0.0899. The fourth-order valence-electron chi connectivity index (χ4n) is 2.94. The normalized spacial score (nSPS) is 21.3. The summed E-state index contributed by atoms with van der Waals surface area (Å²) in [5.74, 6) is 0.559. The van der Waals surface area contributed by atoms with Crippen LogP contribution in [0.1, 0.15) is 49.9 Å². The average molecular weight is 340 g/mol. The Labute approximate surface area is 129 Å². The smallest absolute Gasteiger partial charge is 0.255 e. The molecule has 0 heterocycles. The van der Waals surface area contributed by atoms with Crippen molar-refractivity contribution in [3.63, 3.8) is 0 Å². The van der Waals surface area contributed by atoms with Gasteiger partial charge < -0.3 is 10.1 Å². The van der Waals surface area contributed by atoms with E-state index in [0.29, 0.717) is 16.7 Å². The third-order valence-corrected chi connectivity index (χ3v) is 4.44. The van der Waals surface area contributed by atoms with E-state index in [0.717, 1.165) is 17.3 Å². The van der Waals surface area contributed by atoms with Crippen LogP contribution < -0.4 is 10.1 Å². The zero-order chi connectivity index (χ0) is 14.8. The van der Waals surface area contributed by atoms with Crippen LogP contribution in [0.4, 0.5) is 0 Å². The molecule has 0 bridgehead atoms. The van der Waals surface area contributed by atoms with E-state index in [1.54, 1.807) is 13.2 Å². The number of carbonyl (C=O) groups is 1. The molecule has 20 heavy (non-hydrogen) atoms. The predicted octanol–water partition coefficient (Wildman–Crippen LogP) is 4.16. The van der Waals surface area contributed by atoms with Crippen LogP contribution in [-0.2, 0) is 0 Å². The fourth-order valence-corrected chi connectivity index (χ4v) is 3.28. The summed E-state index contributed by atoms with van der Waals surface area (Å²) in [5.41, 5.74) is 0.916.